The minimum Gasteiger partial charge on any atom is -0.493 e. The van der Waals surface area contributed by atoms with Crippen LogP contribution in [0.15, 0.2) is 39.3 Å². The first-order valence-corrected chi connectivity index (χ1v) is 9.14. The Labute approximate surface area is 147 Å². The first-order chi connectivity index (χ1) is 12.2. The summed E-state index contributed by atoms with van der Waals surface area (Å²) in [6.45, 7) is 5.04. The second kappa shape index (κ2) is 5.63. The summed E-state index contributed by atoms with van der Waals surface area (Å²) in [6, 6.07) is 6.33. The van der Waals surface area contributed by atoms with Gasteiger partial charge < -0.3 is 10.1 Å². The van der Waals surface area contributed by atoms with Gasteiger partial charge >= 0.3 is 0 Å². The lowest BCUT2D eigenvalue weighted by atomic mass is 9.85. The Hall–Kier alpha value is -2.27. The van der Waals surface area contributed by atoms with Gasteiger partial charge in [-0.2, -0.15) is 0 Å². The van der Waals surface area contributed by atoms with Crippen molar-refractivity contribution in [1.29, 1.82) is 0 Å². The quantitative estimate of drug-likeness (QED) is 0.904. The number of fused-ring (bicyclic) bond motifs is 2. The number of piperidine rings is 1. The summed E-state index contributed by atoms with van der Waals surface area (Å²) < 4.78 is 5.60. The van der Waals surface area contributed by atoms with Crippen LogP contribution in [0.4, 0.5) is 0 Å². The van der Waals surface area contributed by atoms with E-state index in [0.29, 0.717) is 5.92 Å². The number of ether oxygens (including phenoxy) is 1. The van der Waals surface area contributed by atoms with Crippen LogP contribution in [-0.4, -0.2) is 43.0 Å². The highest BCUT2D eigenvalue weighted by molar-refractivity contribution is 6.68. The molecule has 1 aromatic carbocycles. The maximum absolute atomic E-state index is 5.60. The van der Waals surface area contributed by atoms with Gasteiger partial charge in [-0.05, 0) is 62.7 Å². The molecule has 25 heavy (non-hydrogen) atoms. The lowest BCUT2D eigenvalue weighted by Crippen LogP contribution is -2.42. The van der Waals surface area contributed by atoms with Crippen molar-refractivity contribution in [2.45, 2.75) is 31.8 Å². The number of nitrogens with zero attached hydrogens (tertiary/aromatic N) is 3. The van der Waals surface area contributed by atoms with E-state index in [2.05, 4.69) is 36.5 Å². The van der Waals surface area contributed by atoms with Gasteiger partial charge in [-0.25, -0.2) is 4.99 Å². The minimum atomic E-state index is -0.353. The summed E-state index contributed by atoms with van der Waals surface area (Å²) in [7, 11) is 0. The molecule has 5 rings (SSSR count). The summed E-state index contributed by atoms with van der Waals surface area (Å²) in [5, 5.41) is 3.42. The molecule has 4 heterocycles. The summed E-state index contributed by atoms with van der Waals surface area (Å²) >= 11 is 0. The summed E-state index contributed by atoms with van der Waals surface area (Å²) in [6.07, 6.45) is 7.25. The number of hydrogen-bond acceptors (Lipinski definition) is 5. The Morgan fingerprint density at radius 2 is 2.08 bits per heavy atom. The van der Waals surface area contributed by atoms with Crippen LogP contribution in [0, 0.1) is 5.92 Å². The van der Waals surface area contributed by atoms with E-state index in [1.165, 1.54) is 5.56 Å². The number of benzene rings is 1. The van der Waals surface area contributed by atoms with E-state index in [1.807, 2.05) is 6.21 Å². The van der Waals surface area contributed by atoms with Crippen molar-refractivity contribution < 1.29 is 4.74 Å². The van der Waals surface area contributed by atoms with Gasteiger partial charge in [-0.1, -0.05) is 0 Å². The predicted molar refractivity (Wildman–Crippen MR) is 101 cm³/mol. The first-order valence-electron chi connectivity index (χ1n) is 9.14. The van der Waals surface area contributed by atoms with E-state index in [0.717, 1.165) is 67.4 Å². The van der Waals surface area contributed by atoms with Crippen molar-refractivity contribution in [1.82, 2.24) is 5.32 Å². The van der Waals surface area contributed by atoms with Crippen LogP contribution >= 0.6 is 0 Å². The number of rotatable bonds is 2. The molecule has 4 aliphatic heterocycles. The van der Waals surface area contributed by atoms with Gasteiger partial charge in [0, 0.05) is 17.9 Å². The third kappa shape index (κ3) is 2.54. The summed E-state index contributed by atoms with van der Waals surface area (Å²) in [5.74, 6) is 1.50. The van der Waals surface area contributed by atoms with E-state index in [-0.39, 0.29) is 5.66 Å². The second-order valence-electron chi connectivity index (χ2n) is 7.32. The molecule has 1 saturated heterocycles. The minimum absolute atomic E-state index is 0.353. The van der Waals surface area contributed by atoms with Gasteiger partial charge in [0.15, 0.2) is 5.66 Å². The van der Waals surface area contributed by atoms with Crippen molar-refractivity contribution in [3.63, 3.8) is 0 Å². The highest BCUT2D eigenvalue weighted by atomic mass is 16.5. The largest absolute Gasteiger partial charge is 0.493 e. The molecule has 5 nitrogen and oxygen atoms in total. The molecule has 0 saturated carbocycles. The SMILES string of the molecule is CC1(C2CCNCC2)N=CC2=NC(c3ccc4c(c3)CCO4)=CC2=N1. The molecule has 1 unspecified atom stereocenters. The molecule has 1 aromatic rings. The van der Waals surface area contributed by atoms with Crippen molar-refractivity contribution in [2.75, 3.05) is 19.7 Å². The third-order valence-electron chi connectivity index (χ3n) is 5.67. The number of nitrogens with one attached hydrogen (secondary N) is 1. The summed E-state index contributed by atoms with van der Waals surface area (Å²) in [4.78, 5) is 14.6. The number of aliphatic imine (C=N–C) groups is 3. The lowest BCUT2D eigenvalue weighted by molar-refractivity contribution is 0.244. The molecule has 0 aliphatic carbocycles. The van der Waals surface area contributed by atoms with Crippen LogP contribution in [0.25, 0.3) is 5.70 Å². The molecule has 0 radical (unpaired) electrons. The van der Waals surface area contributed by atoms with Crippen molar-refractivity contribution in [2.24, 2.45) is 20.9 Å². The van der Waals surface area contributed by atoms with Crippen molar-refractivity contribution >= 4 is 23.3 Å². The molecule has 0 amide bonds. The van der Waals surface area contributed by atoms with Crippen LogP contribution in [-0.2, 0) is 6.42 Å². The third-order valence-corrected chi connectivity index (χ3v) is 5.67. The van der Waals surface area contributed by atoms with Crippen molar-refractivity contribution in [3.8, 4) is 5.75 Å². The Kier molecular flexibility index (Phi) is 3.38. The predicted octanol–water partition coefficient (Wildman–Crippen LogP) is 2.66. The second-order valence-corrected chi connectivity index (χ2v) is 7.32. The standard InChI is InChI=1S/C20H22N4O/c1-20(15-4-7-21-8-5-15)22-12-18-17(24-20)11-16(23-18)13-2-3-19-14(10-13)6-9-25-19/h2-3,10-12,15,21H,4-9H2,1H3. The fourth-order valence-corrected chi connectivity index (χ4v) is 4.13. The molecule has 128 valence electrons. The molecule has 1 atom stereocenters. The molecule has 1 N–H and O–H groups in total. The molecule has 0 bridgehead atoms. The van der Waals surface area contributed by atoms with Crippen LogP contribution in [0.1, 0.15) is 30.9 Å². The topological polar surface area (TPSA) is 58.3 Å². The molecule has 1 fully saturated rings. The van der Waals surface area contributed by atoms with Crippen LogP contribution in [0.2, 0.25) is 0 Å². The smallest absolute Gasteiger partial charge is 0.151 e. The molecule has 5 heteroatoms. The fourth-order valence-electron chi connectivity index (χ4n) is 4.13. The first kappa shape index (κ1) is 15.0. The van der Waals surface area contributed by atoms with Gasteiger partial charge in [-0.3, -0.25) is 9.98 Å². The molecular weight excluding hydrogens is 312 g/mol. The monoisotopic (exact) mass is 334 g/mol. The van der Waals surface area contributed by atoms with E-state index in [1.54, 1.807) is 0 Å². The highest BCUT2D eigenvalue weighted by Gasteiger charge is 2.37. The van der Waals surface area contributed by atoms with E-state index in [4.69, 9.17) is 19.7 Å². The van der Waals surface area contributed by atoms with Gasteiger partial charge in [-0.15, -0.1) is 0 Å². The molecule has 0 spiro atoms. The Morgan fingerprint density at radius 1 is 1.20 bits per heavy atom. The zero-order valence-corrected chi connectivity index (χ0v) is 14.5. The zero-order valence-electron chi connectivity index (χ0n) is 14.5. The van der Waals surface area contributed by atoms with Crippen LogP contribution in [0.5, 0.6) is 5.75 Å². The van der Waals surface area contributed by atoms with E-state index in [9.17, 15) is 0 Å². The van der Waals surface area contributed by atoms with Gasteiger partial charge in [0.25, 0.3) is 0 Å². The number of allylic oxidation sites excluding steroid dienone is 1. The Balaban J connectivity index is 1.46. The van der Waals surface area contributed by atoms with Crippen LogP contribution in [0.3, 0.4) is 0 Å². The summed E-state index contributed by atoms with van der Waals surface area (Å²) in [5.41, 5.74) is 4.88. The maximum atomic E-state index is 5.60. The average Bonchev–Trinajstić information content (AvgIpc) is 3.27. The van der Waals surface area contributed by atoms with E-state index >= 15 is 0 Å². The molecular formula is C20H22N4O. The van der Waals surface area contributed by atoms with Crippen molar-refractivity contribution in [3.05, 3.63) is 35.4 Å². The molecule has 4 aliphatic rings. The van der Waals surface area contributed by atoms with Gasteiger partial charge in [0.1, 0.15) is 11.5 Å². The normalized spacial score (nSPS) is 28.0. The van der Waals surface area contributed by atoms with E-state index < -0.39 is 0 Å². The van der Waals surface area contributed by atoms with Gasteiger partial charge in [0.05, 0.1) is 24.2 Å². The number of hydrogen-bond donors (Lipinski definition) is 1. The fraction of sp³-hybridized carbons (Fsp3) is 0.450. The molecule has 0 aromatic heterocycles. The Bertz CT molecular complexity index is 845. The van der Waals surface area contributed by atoms with Gasteiger partial charge in [0.2, 0.25) is 0 Å². The zero-order chi connectivity index (χ0) is 16.9. The Morgan fingerprint density at radius 3 is 2.96 bits per heavy atom. The average molecular weight is 334 g/mol. The highest BCUT2D eigenvalue weighted by Crippen LogP contribution is 2.35. The lowest BCUT2D eigenvalue weighted by Gasteiger charge is -2.35. The van der Waals surface area contributed by atoms with Crippen LogP contribution < -0.4 is 10.1 Å². The maximum Gasteiger partial charge on any atom is 0.151 e.